The lowest BCUT2D eigenvalue weighted by molar-refractivity contribution is 0.524. The van der Waals surface area contributed by atoms with Crippen LogP contribution < -0.4 is 10.2 Å². The van der Waals surface area contributed by atoms with Gasteiger partial charge in [-0.3, -0.25) is 0 Å². The third kappa shape index (κ3) is 3.86. The number of nitrogens with zero attached hydrogens (tertiary/aromatic N) is 4. The lowest BCUT2D eigenvalue weighted by atomic mass is 9.99. The van der Waals surface area contributed by atoms with Gasteiger partial charge in [-0.1, -0.05) is 38.0 Å². The third-order valence-electron chi connectivity index (χ3n) is 5.49. The van der Waals surface area contributed by atoms with Crippen molar-refractivity contribution in [3.05, 3.63) is 45.9 Å². The van der Waals surface area contributed by atoms with E-state index in [-0.39, 0.29) is 6.04 Å². The number of benzene rings is 1. The Kier molecular flexibility index (Phi) is 5.85. The number of rotatable bonds is 6. The van der Waals surface area contributed by atoms with Crippen LogP contribution in [0.5, 0.6) is 0 Å². The zero-order valence-corrected chi connectivity index (χ0v) is 17.9. The highest BCUT2D eigenvalue weighted by molar-refractivity contribution is 5.73. The van der Waals surface area contributed by atoms with E-state index in [0.717, 1.165) is 36.8 Å². The van der Waals surface area contributed by atoms with Crippen molar-refractivity contribution in [2.24, 2.45) is 0 Å². The lowest BCUT2D eigenvalue weighted by Gasteiger charge is -2.24. The molecule has 0 spiro atoms. The second kappa shape index (κ2) is 7.97. The molecule has 27 heavy (non-hydrogen) atoms. The highest BCUT2D eigenvalue weighted by Crippen LogP contribution is 2.44. The minimum Gasteiger partial charge on any atom is -0.325 e. The van der Waals surface area contributed by atoms with Crippen molar-refractivity contribution >= 4 is 11.5 Å². The predicted octanol–water partition coefficient (Wildman–Crippen LogP) is 5.43. The summed E-state index contributed by atoms with van der Waals surface area (Å²) in [6.07, 6.45) is 2.31. The molecular weight excluding hydrogens is 332 g/mol. The molecule has 2 heterocycles. The van der Waals surface area contributed by atoms with Crippen molar-refractivity contribution in [1.82, 2.24) is 15.3 Å². The van der Waals surface area contributed by atoms with E-state index >= 15 is 0 Å². The van der Waals surface area contributed by atoms with Crippen LogP contribution in [0, 0.1) is 27.7 Å². The van der Waals surface area contributed by atoms with Gasteiger partial charge >= 0.3 is 0 Å². The van der Waals surface area contributed by atoms with Gasteiger partial charge in [-0.15, -0.1) is 0 Å². The molecule has 0 N–H and O–H groups in total. The van der Waals surface area contributed by atoms with Crippen LogP contribution in [0.15, 0.2) is 12.1 Å². The maximum atomic E-state index is 4.88. The van der Waals surface area contributed by atoms with Crippen LogP contribution in [0.2, 0.25) is 0 Å². The molecule has 0 bridgehead atoms. The van der Waals surface area contributed by atoms with E-state index in [1.807, 2.05) is 6.92 Å². The summed E-state index contributed by atoms with van der Waals surface area (Å²) in [5.74, 6) is 2.32. The molecule has 2 aromatic rings. The van der Waals surface area contributed by atoms with E-state index in [9.17, 15) is 0 Å². The molecule has 1 aromatic carbocycles. The Bertz CT molecular complexity index is 804. The lowest BCUT2D eigenvalue weighted by Crippen LogP contribution is -2.19. The fraction of sp³-hybridized carbons (Fsp3) is 0.565. The van der Waals surface area contributed by atoms with E-state index < -0.39 is 0 Å². The molecular formula is C23H33N4. The first kappa shape index (κ1) is 19.8. The van der Waals surface area contributed by atoms with Crippen LogP contribution in [0.3, 0.4) is 0 Å². The first-order valence-electron chi connectivity index (χ1n) is 10.2. The third-order valence-corrected chi connectivity index (χ3v) is 5.49. The molecule has 1 aliphatic rings. The Hall–Kier alpha value is -1.94. The smallest absolute Gasteiger partial charge is 0.140 e. The Balaban J connectivity index is 2.05. The fourth-order valence-corrected chi connectivity index (χ4v) is 4.36. The van der Waals surface area contributed by atoms with E-state index in [4.69, 9.17) is 15.3 Å². The van der Waals surface area contributed by atoms with Crippen molar-refractivity contribution in [3.63, 3.8) is 0 Å². The summed E-state index contributed by atoms with van der Waals surface area (Å²) in [5, 5.41) is 4.87. The second-order valence-electron chi connectivity index (χ2n) is 8.09. The average Bonchev–Trinajstić information content (AvgIpc) is 2.90. The van der Waals surface area contributed by atoms with Crippen molar-refractivity contribution in [3.8, 4) is 0 Å². The highest BCUT2D eigenvalue weighted by Gasteiger charge is 2.34. The monoisotopic (exact) mass is 365 g/mol. The molecule has 2 unspecified atom stereocenters. The molecule has 0 amide bonds. The minimum atomic E-state index is 0.120. The Morgan fingerprint density at radius 1 is 1.15 bits per heavy atom. The molecule has 1 aromatic heterocycles. The van der Waals surface area contributed by atoms with Crippen LogP contribution >= 0.6 is 0 Å². The molecule has 0 saturated carbocycles. The van der Waals surface area contributed by atoms with Gasteiger partial charge in [0.15, 0.2) is 0 Å². The molecule has 0 aliphatic carbocycles. The molecule has 2 atom stereocenters. The Morgan fingerprint density at radius 3 is 2.44 bits per heavy atom. The van der Waals surface area contributed by atoms with Gasteiger partial charge in [0.25, 0.3) is 0 Å². The first-order chi connectivity index (χ1) is 12.8. The second-order valence-corrected chi connectivity index (χ2v) is 8.09. The van der Waals surface area contributed by atoms with Gasteiger partial charge in [-0.25, -0.2) is 15.3 Å². The predicted molar refractivity (Wildman–Crippen MR) is 113 cm³/mol. The van der Waals surface area contributed by atoms with Gasteiger partial charge in [-0.2, -0.15) is 0 Å². The molecule has 0 fully saturated rings. The number of unbranched alkanes of at least 4 members (excludes halogenated alkanes) is 1. The summed E-state index contributed by atoms with van der Waals surface area (Å²) >= 11 is 0. The largest absolute Gasteiger partial charge is 0.325 e. The topological polar surface area (TPSA) is 43.1 Å². The van der Waals surface area contributed by atoms with Gasteiger partial charge < -0.3 is 4.90 Å². The molecule has 1 radical (unpaired) electrons. The van der Waals surface area contributed by atoms with E-state index in [1.54, 1.807) is 0 Å². The van der Waals surface area contributed by atoms with Crippen LogP contribution in [0.4, 0.5) is 11.5 Å². The molecule has 4 nitrogen and oxygen atoms in total. The maximum absolute atomic E-state index is 4.88. The minimum absolute atomic E-state index is 0.120. The van der Waals surface area contributed by atoms with Crippen LogP contribution in [-0.2, 0) is 0 Å². The number of aromatic nitrogens is 2. The summed E-state index contributed by atoms with van der Waals surface area (Å²) in [4.78, 5) is 12.1. The highest BCUT2D eigenvalue weighted by atomic mass is 15.2. The summed E-state index contributed by atoms with van der Waals surface area (Å²) in [6, 6.07) is 4.65. The Labute approximate surface area is 164 Å². The summed E-state index contributed by atoms with van der Waals surface area (Å²) in [7, 11) is 0. The number of hydrogen-bond donors (Lipinski definition) is 0. The number of hydrogen-bond acceptors (Lipinski definition) is 3. The summed E-state index contributed by atoms with van der Waals surface area (Å²) < 4.78 is 0. The van der Waals surface area contributed by atoms with E-state index in [1.165, 1.54) is 34.4 Å². The van der Waals surface area contributed by atoms with Crippen molar-refractivity contribution < 1.29 is 0 Å². The van der Waals surface area contributed by atoms with E-state index in [0.29, 0.717) is 5.92 Å². The van der Waals surface area contributed by atoms with Crippen LogP contribution in [0.25, 0.3) is 0 Å². The molecule has 3 rings (SSSR count). The zero-order valence-electron chi connectivity index (χ0n) is 17.9. The molecule has 0 saturated heterocycles. The normalized spacial score (nSPS) is 17.3. The average molecular weight is 366 g/mol. The van der Waals surface area contributed by atoms with Gasteiger partial charge in [0.05, 0.1) is 11.7 Å². The van der Waals surface area contributed by atoms with Gasteiger partial charge in [0.1, 0.15) is 11.6 Å². The van der Waals surface area contributed by atoms with Crippen molar-refractivity contribution in [2.45, 2.75) is 73.3 Å². The molecule has 145 valence electrons. The summed E-state index contributed by atoms with van der Waals surface area (Å²) in [5.41, 5.74) is 7.63. The van der Waals surface area contributed by atoms with Crippen LogP contribution in [0.1, 0.15) is 79.3 Å². The Morgan fingerprint density at radius 2 is 1.81 bits per heavy atom. The molecule has 4 heteroatoms. The van der Waals surface area contributed by atoms with Gasteiger partial charge in [0, 0.05) is 30.3 Å². The van der Waals surface area contributed by atoms with Gasteiger partial charge in [-0.05, 0) is 52.2 Å². The van der Waals surface area contributed by atoms with Crippen molar-refractivity contribution in [1.29, 1.82) is 0 Å². The zero-order chi connectivity index (χ0) is 19.7. The number of aryl methyl sites for hydroxylation is 4. The quantitative estimate of drug-likeness (QED) is 0.641. The molecule has 1 aliphatic heterocycles. The SMILES string of the molecule is CCCC[N]C(C)c1nc(C)nc2c1C(C)CN2c1c(C)cc(C)cc1C. The number of anilines is 2. The summed E-state index contributed by atoms with van der Waals surface area (Å²) in [6.45, 7) is 17.1. The van der Waals surface area contributed by atoms with Crippen molar-refractivity contribution in [2.75, 3.05) is 18.0 Å². The maximum Gasteiger partial charge on any atom is 0.140 e. The van der Waals surface area contributed by atoms with Crippen LogP contribution in [-0.4, -0.2) is 23.1 Å². The number of fused-ring (bicyclic) bond motifs is 1. The first-order valence-corrected chi connectivity index (χ1v) is 10.2. The van der Waals surface area contributed by atoms with Gasteiger partial charge in [0.2, 0.25) is 0 Å². The standard InChI is InChI=1S/C23H33N4/c1-8-9-10-24-18(6)21-20-17(5)13-27(23(20)26-19(7)25-21)22-15(3)11-14(2)12-16(22)4/h11-12,17-18H,8-10,13H2,1-7H3. The fourth-order valence-electron chi connectivity index (χ4n) is 4.36. The van der Waals surface area contributed by atoms with E-state index in [2.05, 4.69) is 58.6 Å².